The largest absolute Gasteiger partial charge is 0.361 e. The fraction of sp³-hybridized carbons (Fsp3) is 0.344. The third-order valence-corrected chi connectivity index (χ3v) is 7.19. The molecule has 0 saturated heterocycles. The minimum absolute atomic E-state index is 0.0593. The van der Waals surface area contributed by atoms with Crippen molar-refractivity contribution in [3.05, 3.63) is 98.6 Å². The van der Waals surface area contributed by atoms with Crippen LogP contribution in [-0.2, 0) is 5.41 Å². The summed E-state index contributed by atoms with van der Waals surface area (Å²) in [5.74, 6) is 3.45. The van der Waals surface area contributed by atoms with Gasteiger partial charge in [0.2, 0.25) is 0 Å². The van der Waals surface area contributed by atoms with Crippen LogP contribution in [0.1, 0.15) is 65.3 Å². The number of benzene rings is 3. The van der Waals surface area contributed by atoms with Crippen molar-refractivity contribution in [2.24, 2.45) is 0 Å². The molecule has 3 aromatic carbocycles. The van der Waals surface area contributed by atoms with Crippen LogP contribution in [-0.4, -0.2) is 18.6 Å². The average Bonchev–Trinajstić information content (AvgIpc) is 2.74. The SMILES string of the molecule is Cc1cc(-c2ccccc2C#C[Si](C)(C)C)cc(C)c1C(=[N+]=[N-])c1c(C)cc(C(C)(C)C)cc1C. The van der Waals surface area contributed by atoms with Gasteiger partial charge in [0, 0.05) is 5.56 Å². The molecule has 3 rings (SSSR count). The van der Waals surface area contributed by atoms with E-state index >= 15 is 0 Å². The van der Waals surface area contributed by atoms with Crippen molar-refractivity contribution in [3.8, 4) is 22.6 Å². The molecule has 2 nitrogen and oxygen atoms in total. The maximum Gasteiger partial charge on any atom is 0.330 e. The lowest BCUT2D eigenvalue weighted by molar-refractivity contribution is -0.00295. The molecule has 180 valence electrons. The van der Waals surface area contributed by atoms with Crippen LogP contribution in [0.5, 0.6) is 0 Å². The van der Waals surface area contributed by atoms with E-state index in [1.165, 1.54) is 5.56 Å². The molecular formula is C32H38N2Si. The molecule has 3 aromatic rings. The molecule has 0 spiro atoms. The predicted octanol–water partition coefficient (Wildman–Crippen LogP) is 8.18. The van der Waals surface area contributed by atoms with Crippen molar-refractivity contribution in [1.82, 2.24) is 0 Å². The van der Waals surface area contributed by atoms with Crippen LogP contribution in [0.2, 0.25) is 19.6 Å². The van der Waals surface area contributed by atoms with Gasteiger partial charge in [0.25, 0.3) is 0 Å². The van der Waals surface area contributed by atoms with E-state index in [9.17, 15) is 5.53 Å². The van der Waals surface area contributed by atoms with E-state index in [-0.39, 0.29) is 5.41 Å². The minimum atomic E-state index is -1.48. The summed E-state index contributed by atoms with van der Waals surface area (Å²) in [5.41, 5.74) is 25.4. The summed E-state index contributed by atoms with van der Waals surface area (Å²) in [4.78, 5) is 3.84. The first-order valence-electron chi connectivity index (χ1n) is 12.3. The van der Waals surface area contributed by atoms with Gasteiger partial charge in [-0.15, -0.1) is 5.54 Å². The standard InChI is InChI=1S/C32H38N2Si/c1-21-17-26(28-14-12-11-13-25(28)15-16-35(8,9)10)18-22(2)29(21)31(34-33)30-23(3)19-27(20-24(30)4)32(5,6)7/h11-14,17-20H,1-10H3. The molecule has 0 N–H and O–H groups in total. The molecular weight excluding hydrogens is 440 g/mol. The number of aryl methyl sites for hydroxylation is 4. The van der Waals surface area contributed by atoms with Crippen LogP contribution < -0.4 is 0 Å². The summed E-state index contributed by atoms with van der Waals surface area (Å²) in [7, 11) is -1.48. The van der Waals surface area contributed by atoms with Crippen LogP contribution in [0.15, 0.2) is 48.5 Å². The molecule has 0 aliphatic heterocycles. The summed E-state index contributed by atoms with van der Waals surface area (Å²) in [6.45, 7) is 21.9. The van der Waals surface area contributed by atoms with E-state index in [0.717, 1.165) is 50.1 Å². The zero-order chi connectivity index (χ0) is 26.1. The number of nitrogens with zero attached hydrogens (tertiary/aromatic N) is 2. The summed E-state index contributed by atoms with van der Waals surface area (Å²) in [6.07, 6.45) is 0. The summed E-state index contributed by atoms with van der Waals surface area (Å²) in [6, 6.07) is 17.2. The van der Waals surface area contributed by atoms with Gasteiger partial charge in [-0.25, -0.2) is 0 Å². The quantitative estimate of drug-likeness (QED) is 0.120. The Labute approximate surface area is 213 Å². The Morgan fingerprint density at radius 3 is 1.74 bits per heavy atom. The summed E-state index contributed by atoms with van der Waals surface area (Å²) in [5, 5.41) is 0. The number of hydrogen-bond acceptors (Lipinski definition) is 0. The normalized spacial score (nSPS) is 11.5. The van der Waals surface area contributed by atoms with Crippen LogP contribution in [0.25, 0.3) is 16.7 Å². The fourth-order valence-electron chi connectivity index (χ4n) is 4.59. The van der Waals surface area contributed by atoms with E-state index in [1.807, 2.05) is 0 Å². The summed E-state index contributed by atoms with van der Waals surface area (Å²) < 4.78 is 0. The van der Waals surface area contributed by atoms with Crippen molar-refractivity contribution in [2.75, 3.05) is 0 Å². The molecule has 0 saturated carbocycles. The van der Waals surface area contributed by atoms with Crippen LogP contribution in [0.3, 0.4) is 0 Å². The van der Waals surface area contributed by atoms with Crippen LogP contribution >= 0.6 is 0 Å². The highest BCUT2D eigenvalue weighted by molar-refractivity contribution is 6.83. The van der Waals surface area contributed by atoms with Gasteiger partial charge in [0.1, 0.15) is 8.07 Å². The second-order valence-electron chi connectivity index (χ2n) is 11.7. The van der Waals surface area contributed by atoms with Crippen LogP contribution in [0.4, 0.5) is 0 Å². The Morgan fingerprint density at radius 1 is 0.800 bits per heavy atom. The first kappa shape index (κ1) is 26.4. The smallest absolute Gasteiger partial charge is 0.330 e. The third kappa shape index (κ3) is 5.91. The molecule has 0 heterocycles. The molecule has 0 aromatic heterocycles. The molecule has 0 fully saturated rings. The fourth-order valence-corrected chi connectivity index (χ4v) is 5.10. The van der Waals surface area contributed by atoms with Crippen molar-refractivity contribution in [3.63, 3.8) is 0 Å². The Kier molecular flexibility index (Phi) is 7.41. The van der Waals surface area contributed by atoms with E-state index in [2.05, 4.69) is 133 Å². The van der Waals surface area contributed by atoms with E-state index in [0.29, 0.717) is 5.71 Å². The van der Waals surface area contributed by atoms with Crippen molar-refractivity contribution in [1.29, 1.82) is 0 Å². The van der Waals surface area contributed by atoms with E-state index < -0.39 is 8.07 Å². The number of hydrogen-bond donors (Lipinski definition) is 0. The molecule has 35 heavy (non-hydrogen) atoms. The van der Waals surface area contributed by atoms with Gasteiger partial charge in [0.05, 0.1) is 11.1 Å². The molecule has 0 bridgehead atoms. The minimum Gasteiger partial charge on any atom is -0.361 e. The zero-order valence-electron chi connectivity index (χ0n) is 23.0. The highest BCUT2D eigenvalue weighted by atomic mass is 28.3. The second-order valence-corrected chi connectivity index (χ2v) is 16.5. The monoisotopic (exact) mass is 478 g/mol. The van der Waals surface area contributed by atoms with Crippen molar-refractivity contribution < 1.29 is 4.79 Å². The molecule has 0 aliphatic rings. The van der Waals surface area contributed by atoms with Gasteiger partial charge < -0.3 is 5.53 Å². The topological polar surface area (TPSA) is 36.4 Å². The number of rotatable bonds is 3. The Hall–Kier alpha value is -3.18. The zero-order valence-corrected chi connectivity index (χ0v) is 24.0. The molecule has 0 unspecified atom stereocenters. The van der Waals surface area contributed by atoms with E-state index in [1.54, 1.807) is 0 Å². The van der Waals surface area contributed by atoms with Gasteiger partial charge in [0.15, 0.2) is 0 Å². The first-order chi connectivity index (χ1) is 16.2. The van der Waals surface area contributed by atoms with Crippen molar-refractivity contribution in [2.45, 2.75) is 73.5 Å². The lowest BCUT2D eigenvalue weighted by Gasteiger charge is -2.22. The first-order valence-corrected chi connectivity index (χ1v) is 15.8. The van der Waals surface area contributed by atoms with E-state index in [4.69, 9.17) is 0 Å². The molecule has 0 atom stereocenters. The highest BCUT2D eigenvalue weighted by Gasteiger charge is 2.26. The van der Waals surface area contributed by atoms with Gasteiger partial charge in [-0.3, -0.25) is 0 Å². The Morgan fingerprint density at radius 2 is 1.29 bits per heavy atom. The summed E-state index contributed by atoms with van der Waals surface area (Å²) >= 11 is 0. The molecule has 0 radical (unpaired) electrons. The lowest BCUT2D eigenvalue weighted by atomic mass is 9.81. The average molecular weight is 479 g/mol. The maximum atomic E-state index is 10.2. The van der Waals surface area contributed by atoms with Gasteiger partial charge in [-0.1, -0.05) is 88.8 Å². The lowest BCUT2D eigenvalue weighted by Crippen LogP contribution is -2.16. The predicted molar refractivity (Wildman–Crippen MR) is 153 cm³/mol. The van der Waals surface area contributed by atoms with Crippen molar-refractivity contribution >= 4 is 13.8 Å². The van der Waals surface area contributed by atoms with Gasteiger partial charge in [-0.05, 0) is 78.1 Å². The third-order valence-electron chi connectivity index (χ3n) is 6.32. The second kappa shape index (κ2) is 9.82. The Bertz CT molecular complexity index is 1350. The molecule has 3 heteroatoms. The highest BCUT2D eigenvalue weighted by Crippen LogP contribution is 2.32. The van der Waals surface area contributed by atoms with Crippen LogP contribution in [0, 0.1) is 39.2 Å². The molecule has 0 amide bonds. The van der Waals surface area contributed by atoms with Gasteiger partial charge in [-0.2, -0.15) is 4.79 Å². The van der Waals surface area contributed by atoms with Gasteiger partial charge >= 0.3 is 5.71 Å². The Balaban J connectivity index is 2.16. The molecule has 0 aliphatic carbocycles. The maximum absolute atomic E-state index is 10.2.